The van der Waals surface area contributed by atoms with E-state index in [0.717, 1.165) is 0 Å². The molecule has 142 valence electrons. The summed E-state index contributed by atoms with van der Waals surface area (Å²) >= 11 is 6.04. The number of hydrazone groups is 1. The first-order valence-electron chi connectivity index (χ1n) is 7.89. The van der Waals surface area contributed by atoms with Crippen LogP contribution in [0.25, 0.3) is 0 Å². The quantitative estimate of drug-likeness (QED) is 0.559. The van der Waals surface area contributed by atoms with E-state index in [9.17, 15) is 9.59 Å². The molecule has 0 aliphatic heterocycles. The van der Waals surface area contributed by atoms with E-state index in [4.69, 9.17) is 21.1 Å². The Morgan fingerprint density at radius 2 is 1.81 bits per heavy atom. The van der Waals surface area contributed by atoms with Crippen molar-refractivity contribution >= 4 is 34.8 Å². The molecule has 0 bridgehead atoms. The van der Waals surface area contributed by atoms with Gasteiger partial charge in [0.25, 0.3) is 5.91 Å². The average molecular weight is 391 g/mol. The van der Waals surface area contributed by atoms with Crippen molar-refractivity contribution in [2.24, 2.45) is 5.10 Å². The molecule has 9 heteroatoms. The standard InChI is InChI=1S/C18H19ClN4O4/c1-11(22-23-18(25)12-4-6-20-7-5-12)8-17(24)21-14-10-15(26-2)13(19)9-16(14)27-3/h4-7,9-10H,8H2,1-3H3,(H,21,24)(H,23,25). The number of methoxy groups -OCH3 is 2. The van der Waals surface area contributed by atoms with Crippen LogP contribution < -0.4 is 20.2 Å². The second-order valence-electron chi connectivity index (χ2n) is 5.44. The lowest BCUT2D eigenvalue weighted by Gasteiger charge is -2.13. The summed E-state index contributed by atoms with van der Waals surface area (Å²) in [5, 5.41) is 7.01. The van der Waals surface area contributed by atoms with E-state index in [2.05, 4.69) is 20.8 Å². The first-order chi connectivity index (χ1) is 12.9. The predicted molar refractivity (Wildman–Crippen MR) is 103 cm³/mol. The smallest absolute Gasteiger partial charge is 0.271 e. The van der Waals surface area contributed by atoms with Gasteiger partial charge in [0.1, 0.15) is 11.5 Å². The van der Waals surface area contributed by atoms with Crippen LogP contribution in [0.5, 0.6) is 11.5 Å². The van der Waals surface area contributed by atoms with Crippen molar-refractivity contribution < 1.29 is 19.1 Å². The number of ether oxygens (including phenoxy) is 2. The monoisotopic (exact) mass is 390 g/mol. The summed E-state index contributed by atoms with van der Waals surface area (Å²) in [4.78, 5) is 28.0. The van der Waals surface area contributed by atoms with E-state index in [1.165, 1.54) is 26.6 Å². The molecule has 0 saturated heterocycles. The molecule has 1 heterocycles. The lowest BCUT2D eigenvalue weighted by atomic mass is 10.2. The molecule has 0 spiro atoms. The molecule has 0 unspecified atom stereocenters. The maximum atomic E-state index is 12.2. The molecule has 2 rings (SSSR count). The van der Waals surface area contributed by atoms with E-state index in [1.54, 1.807) is 31.2 Å². The lowest BCUT2D eigenvalue weighted by Crippen LogP contribution is -2.21. The molecular weight excluding hydrogens is 372 g/mol. The minimum atomic E-state index is -0.388. The van der Waals surface area contributed by atoms with Crippen LogP contribution >= 0.6 is 11.6 Å². The van der Waals surface area contributed by atoms with Gasteiger partial charge in [0, 0.05) is 35.8 Å². The molecular formula is C18H19ClN4O4. The molecule has 0 aliphatic carbocycles. The highest BCUT2D eigenvalue weighted by molar-refractivity contribution is 6.32. The van der Waals surface area contributed by atoms with Crippen LogP contribution in [-0.2, 0) is 4.79 Å². The number of carbonyl (C=O) groups excluding carboxylic acids is 2. The zero-order valence-corrected chi connectivity index (χ0v) is 15.8. The molecule has 2 N–H and O–H groups in total. The number of hydrogen-bond acceptors (Lipinski definition) is 6. The summed E-state index contributed by atoms with van der Waals surface area (Å²) in [6.07, 6.45) is 2.99. The van der Waals surface area contributed by atoms with Gasteiger partial charge in [0.2, 0.25) is 5.91 Å². The Bertz CT molecular complexity index is 856. The molecule has 1 aromatic heterocycles. The number of nitrogens with zero attached hydrogens (tertiary/aromatic N) is 2. The van der Waals surface area contributed by atoms with Crippen molar-refractivity contribution in [3.8, 4) is 11.5 Å². The first-order valence-corrected chi connectivity index (χ1v) is 8.27. The largest absolute Gasteiger partial charge is 0.495 e. The van der Waals surface area contributed by atoms with Gasteiger partial charge in [-0.2, -0.15) is 5.10 Å². The highest BCUT2D eigenvalue weighted by atomic mass is 35.5. The summed E-state index contributed by atoms with van der Waals surface area (Å²) in [5.41, 5.74) is 3.66. The summed E-state index contributed by atoms with van der Waals surface area (Å²) < 4.78 is 10.4. The average Bonchev–Trinajstić information content (AvgIpc) is 2.67. The Morgan fingerprint density at radius 1 is 1.15 bits per heavy atom. The Morgan fingerprint density at radius 3 is 2.44 bits per heavy atom. The highest BCUT2D eigenvalue weighted by Crippen LogP contribution is 2.35. The minimum Gasteiger partial charge on any atom is -0.495 e. The zero-order valence-electron chi connectivity index (χ0n) is 15.1. The maximum Gasteiger partial charge on any atom is 0.271 e. The number of amides is 2. The van der Waals surface area contributed by atoms with Crippen molar-refractivity contribution in [3.63, 3.8) is 0 Å². The number of hydrogen-bond donors (Lipinski definition) is 2. The van der Waals surface area contributed by atoms with Crippen molar-refractivity contribution in [3.05, 3.63) is 47.2 Å². The van der Waals surface area contributed by atoms with Gasteiger partial charge in [-0.15, -0.1) is 0 Å². The van der Waals surface area contributed by atoms with Gasteiger partial charge < -0.3 is 14.8 Å². The normalized spacial score (nSPS) is 10.9. The summed E-state index contributed by atoms with van der Waals surface area (Å²) in [5.74, 6) is 0.0795. The van der Waals surface area contributed by atoms with E-state index < -0.39 is 0 Å². The third kappa shape index (κ3) is 5.68. The van der Waals surface area contributed by atoms with Gasteiger partial charge in [0.05, 0.1) is 31.4 Å². The predicted octanol–water partition coefficient (Wildman–Crippen LogP) is 2.89. The van der Waals surface area contributed by atoms with Crippen molar-refractivity contribution in [2.45, 2.75) is 13.3 Å². The fourth-order valence-corrected chi connectivity index (χ4v) is 2.37. The second-order valence-corrected chi connectivity index (χ2v) is 5.84. The van der Waals surface area contributed by atoms with Crippen LogP contribution in [0.4, 0.5) is 5.69 Å². The molecule has 0 aliphatic rings. The highest BCUT2D eigenvalue weighted by Gasteiger charge is 2.13. The molecule has 27 heavy (non-hydrogen) atoms. The lowest BCUT2D eigenvalue weighted by molar-refractivity contribution is -0.115. The maximum absolute atomic E-state index is 12.2. The number of aromatic nitrogens is 1. The number of carbonyl (C=O) groups is 2. The molecule has 0 fully saturated rings. The van der Waals surface area contributed by atoms with Gasteiger partial charge in [-0.3, -0.25) is 14.6 Å². The Balaban J connectivity index is 1.99. The molecule has 0 atom stereocenters. The zero-order chi connectivity index (χ0) is 19.8. The van der Waals surface area contributed by atoms with Crippen LogP contribution in [0, 0.1) is 0 Å². The third-order valence-electron chi connectivity index (χ3n) is 3.46. The van der Waals surface area contributed by atoms with Gasteiger partial charge in [0.15, 0.2) is 0 Å². The van der Waals surface area contributed by atoms with Crippen LogP contribution in [-0.4, -0.2) is 36.7 Å². The van der Waals surface area contributed by atoms with Gasteiger partial charge >= 0.3 is 0 Å². The van der Waals surface area contributed by atoms with Gasteiger partial charge in [-0.05, 0) is 19.1 Å². The second kappa shape index (κ2) is 9.54. The molecule has 8 nitrogen and oxygen atoms in total. The van der Waals surface area contributed by atoms with Crippen LogP contribution in [0.15, 0.2) is 41.8 Å². The number of halogens is 1. The number of pyridine rings is 1. The Hall–Kier alpha value is -3.13. The van der Waals surface area contributed by atoms with E-state index in [1.807, 2.05) is 0 Å². The Labute approximate surface area is 161 Å². The van der Waals surface area contributed by atoms with E-state index in [0.29, 0.717) is 33.5 Å². The molecule has 0 radical (unpaired) electrons. The molecule has 2 amide bonds. The van der Waals surface area contributed by atoms with Crippen LogP contribution in [0.2, 0.25) is 5.02 Å². The summed E-state index contributed by atoms with van der Waals surface area (Å²) in [6.45, 7) is 1.63. The topological polar surface area (TPSA) is 102 Å². The number of rotatable bonds is 7. The minimum absolute atomic E-state index is 0.0231. The number of nitrogens with one attached hydrogen (secondary N) is 2. The first kappa shape index (κ1) is 20.2. The molecule has 2 aromatic rings. The Kier molecular flexibility index (Phi) is 7.13. The summed E-state index contributed by atoms with van der Waals surface area (Å²) in [6, 6.07) is 6.24. The van der Waals surface area contributed by atoms with E-state index >= 15 is 0 Å². The molecule has 1 aromatic carbocycles. The number of benzene rings is 1. The molecule has 0 saturated carbocycles. The SMILES string of the molecule is COc1cc(NC(=O)CC(C)=NNC(=O)c2ccncc2)c(OC)cc1Cl. The van der Waals surface area contributed by atoms with Gasteiger partial charge in [-0.1, -0.05) is 11.6 Å². The van der Waals surface area contributed by atoms with Crippen molar-refractivity contribution in [1.29, 1.82) is 0 Å². The third-order valence-corrected chi connectivity index (χ3v) is 3.75. The van der Waals surface area contributed by atoms with Crippen molar-refractivity contribution in [1.82, 2.24) is 10.4 Å². The van der Waals surface area contributed by atoms with Gasteiger partial charge in [-0.25, -0.2) is 5.43 Å². The van der Waals surface area contributed by atoms with Crippen molar-refractivity contribution in [2.75, 3.05) is 19.5 Å². The number of anilines is 1. The van der Waals surface area contributed by atoms with E-state index in [-0.39, 0.29) is 18.2 Å². The van der Waals surface area contributed by atoms with Crippen LogP contribution in [0.3, 0.4) is 0 Å². The fraction of sp³-hybridized carbons (Fsp3) is 0.222. The van der Waals surface area contributed by atoms with Crippen LogP contribution in [0.1, 0.15) is 23.7 Å². The summed E-state index contributed by atoms with van der Waals surface area (Å²) in [7, 11) is 2.94. The fourth-order valence-electron chi connectivity index (χ4n) is 2.14.